The molecule has 3 unspecified atom stereocenters. The normalized spacial score (nSPS) is 35.2. The summed E-state index contributed by atoms with van der Waals surface area (Å²) in [6, 6.07) is 8.49. The molecule has 0 aliphatic heterocycles. The third kappa shape index (κ3) is 0.749. The highest BCUT2D eigenvalue weighted by Crippen LogP contribution is 2.52. The summed E-state index contributed by atoms with van der Waals surface area (Å²) in [5.74, 6) is 1.62. The summed E-state index contributed by atoms with van der Waals surface area (Å²) in [4.78, 5) is 11.5. The number of hydrogen-bond acceptors (Lipinski definition) is 1. The third-order valence-corrected chi connectivity index (χ3v) is 3.64. The van der Waals surface area contributed by atoms with Crippen LogP contribution in [0.1, 0.15) is 24.0 Å². The number of benzene rings is 1. The van der Waals surface area contributed by atoms with E-state index in [9.17, 15) is 4.79 Å². The van der Waals surface area contributed by atoms with E-state index in [4.69, 9.17) is 0 Å². The molecule has 1 aromatic carbocycles. The maximum Gasteiger partial charge on any atom is 0.140 e. The fourth-order valence-electron chi connectivity index (χ4n) is 2.92. The fourth-order valence-corrected chi connectivity index (χ4v) is 2.92. The highest BCUT2D eigenvalue weighted by Gasteiger charge is 2.51. The quantitative estimate of drug-likeness (QED) is 0.586. The van der Waals surface area contributed by atoms with Gasteiger partial charge in [0.1, 0.15) is 5.78 Å². The molecule has 2 aliphatic carbocycles. The van der Waals surface area contributed by atoms with E-state index in [1.165, 1.54) is 11.1 Å². The zero-order chi connectivity index (χ0) is 9.00. The molecule has 0 aromatic heterocycles. The first kappa shape index (κ1) is 7.31. The van der Waals surface area contributed by atoms with Gasteiger partial charge in [0.05, 0.1) is 0 Å². The van der Waals surface area contributed by atoms with Gasteiger partial charge in [-0.05, 0) is 17.5 Å². The highest BCUT2D eigenvalue weighted by molar-refractivity contribution is 5.93. The molecule has 3 rings (SSSR count). The van der Waals surface area contributed by atoms with Gasteiger partial charge in [0, 0.05) is 17.8 Å². The summed E-state index contributed by atoms with van der Waals surface area (Å²) in [7, 11) is 0. The maximum atomic E-state index is 11.5. The minimum Gasteiger partial charge on any atom is -0.299 e. The Hall–Kier alpha value is -1.11. The highest BCUT2D eigenvalue weighted by atomic mass is 16.1. The predicted molar refractivity (Wildman–Crippen MR) is 50.5 cm³/mol. The molecule has 0 N–H and O–H groups in total. The topological polar surface area (TPSA) is 17.1 Å². The summed E-state index contributed by atoms with van der Waals surface area (Å²) in [6.07, 6.45) is 0.990. The summed E-state index contributed by atoms with van der Waals surface area (Å²) in [5.41, 5.74) is 2.83. The maximum absolute atomic E-state index is 11.5. The fraction of sp³-hybridized carbons (Fsp3) is 0.417. The van der Waals surface area contributed by atoms with E-state index >= 15 is 0 Å². The Bertz CT molecular complexity index is 380. The molecule has 2 aliphatic rings. The second kappa shape index (κ2) is 2.22. The standard InChI is InChI=1S/C12H12O/c1-7-11-9-5-3-2-4-8(9)6-10(11)12(7)13/h2-5,7,10-11H,6H2,1H3. The van der Waals surface area contributed by atoms with Crippen LogP contribution in [0.4, 0.5) is 0 Å². The van der Waals surface area contributed by atoms with Gasteiger partial charge in [-0.3, -0.25) is 4.79 Å². The average molecular weight is 172 g/mol. The van der Waals surface area contributed by atoms with Crippen LogP contribution >= 0.6 is 0 Å². The van der Waals surface area contributed by atoms with Crippen molar-refractivity contribution in [1.29, 1.82) is 0 Å². The lowest BCUT2D eigenvalue weighted by Gasteiger charge is -2.36. The van der Waals surface area contributed by atoms with Gasteiger partial charge in [-0.1, -0.05) is 31.2 Å². The van der Waals surface area contributed by atoms with Gasteiger partial charge in [0.15, 0.2) is 0 Å². The molecule has 13 heavy (non-hydrogen) atoms. The van der Waals surface area contributed by atoms with Crippen molar-refractivity contribution < 1.29 is 4.79 Å². The predicted octanol–water partition coefficient (Wildman–Crippen LogP) is 2.16. The molecule has 1 aromatic rings. The second-order valence-corrected chi connectivity index (χ2v) is 4.23. The van der Waals surface area contributed by atoms with Crippen LogP contribution in [-0.4, -0.2) is 5.78 Å². The molecule has 66 valence electrons. The van der Waals surface area contributed by atoms with Crippen LogP contribution < -0.4 is 0 Å². The van der Waals surface area contributed by atoms with Gasteiger partial charge in [0.2, 0.25) is 0 Å². The smallest absolute Gasteiger partial charge is 0.140 e. The first-order valence-corrected chi connectivity index (χ1v) is 4.90. The van der Waals surface area contributed by atoms with Gasteiger partial charge in [-0.15, -0.1) is 0 Å². The number of carbonyl (C=O) groups is 1. The van der Waals surface area contributed by atoms with Gasteiger partial charge in [-0.2, -0.15) is 0 Å². The Morgan fingerprint density at radius 1 is 1.31 bits per heavy atom. The van der Waals surface area contributed by atoms with Crippen molar-refractivity contribution in [2.45, 2.75) is 19.3 Å². The van der Waals surface area contributed by atoms with E-state index in [1.807, 2.05) is 0 Å². The van der Waals surface area contributed by atoms with Crippen LogP contribution in [0.15, 0.2) is 24.3 Å². The molecule has 0 heterocycles. The van der Waals surface area contributed by atoms with Crippen LogP contribution in [0, 0.1) is 11.8 Å². The Morgan fingerprint density at radius 2 is 2.08 bits per heavy atom. The zero-order valence-corrected chi connectivity index (χ0v) is 7.66. The molecule has 1 saturated carbocycles. The van der Waals surface area contributed by atoms with E-state index < -0.39 is 0 Å². The molecule has 0 saturated heterocycles. The van der Waals surface area contributed by atoms with E-state index in [0.717, 1.165) is 6.42 Å². The molecule has 0 radical (unpaired) electrons. The first-order chi connectivity index (χ1) is 6.29. The molecule has 1 nitrogen and oxygen atoms in total. The minimum absolute atomic E-state index is 0.272. The Kier molecular flexibility index (Phi) is 1.25. The number of carbonyl (C=O) groups excluding carboxylic acids is 1. The number of fused-ring (bicyclic) bond motifs is 3. The zero-order valence-electron chi connectivity index (χ0n) is 7.66. The lowest BCUT2D eigenvalue weighted by atomic mass is 9.65. The monoisotopic (exact) mass is 172 g/mol. The van der Waals surface area contributed by atoms with E-state index in [-0.39, 0.29) is 5.92 Å². The van der Waals surface area contributed by atoms with Crippen molar-refractivity contribution in [3.63, 3.8) is 0 Å². The van der Waals surface area contributed by atoms with Crippen LogP contribution in [0.25, 0.3) is 0 Å². The van der Waals surface area contributed by atoms with E-state index in [2.05, 4.69) is 31.2 Å². The van der Waals surface area contributed by atoms with Crippen molar-refractivity contribution >= 4 is 5.78 Å². The summed E-state index contributed by atoms with van der Waals surface area (Å²) >= 11 is 0. The van der Waals surface area contributed by atoms with Gasteiger partial charge in [0.25, 0.3) is 0 Å². The molecular weight excluding hydrogens is 160 g/mol. The van der Waals surface area contributed by atoms with Crippen molar-refractivity contribution in [3.05, 3.63) is 35.4 Å². The van der Waals surface area contributed by atoms with Crippen molar-refractivity contribution in [3.8, 4) is 0 Å². The van der Waals surface area contributed by atoms with Crippen LogP contribution in [0.2, 0.25) is 0 Å². The molecule has 0 amide bonds. The van der Waals surface area contributed by atoms with Crippen LogP contribution in [0.5, 0.6) is 0 Å². The SMILES string of the molecule is CC1C(=O)C2Cc3ccccc3C12. The van der Waals surface area contributed by atoms with Gasteiger partial charge in [-0.25, -0.2) is 0 Å². The van der Waals surface area contributed by atoms with Crippen molar-refractivity contribution in [2.24, 2.45) is 11.8 Å². The molecule has 0 bridgehead atoms. The lowest BCUT2D eigenvalue weighted by molar-refractivity contribution is -0.136. The van der Waals surface area contributed by atoms with Gasteiger partial charge >= 0.3 is 0 Å². The van der Waals surface area contributed by atoms with Crippen LogP contribution in [-0.2, 0) is 11.2 Å². The lowest BCUT2D eigenvalue weighted by Crippen LogP contribution is -2.41. The van der Waals surface area contributed by atoms with E-state index in [0.29, 0.717) is 17.6 Å². The Labute approximate surface area is 77.8 Å². The molecule has 1 heteroatoms. The average Bonchev–Trinajstić information content (AvgIpc) is 2.52. The molecule has 0 spiro atoms. The van der Waals surface area contributed by atoms with Crippen LogP contribution in [0.3, 0.4) is 0 Å². The van der Waals surface area contributed by atoms with Gasteiger partial charge < -0.3 is 0 Å². The molecule has 1 fully saturated rings. The number of rotatable bonds is 0. The Balaban J connectivity index is 2.09. The molecule has 3 atom stereocenters. The summed E-state index contributed by atoms with van der Waals surface area (Å²) in [6.45, 7) is 2.06. The summed E-state index contributed by atoms with van der Waals surface area (Å²) < 4.78 is 0. The second-order valence-electron chi connectivity index (χ2n) is 4.23. The first-order valence-electron chi connectivity index (χ1n) is 4.90. The largest absolute Gasteiger partial charge is 0.299 e. The van der Waals surface area contributed by atoms with Crippen molar-refractivity contribution in [2.75, 3.05) is 0 Å². The third-order valence-electron chi connectivity index (χ3n) is 3.64. The minimum atomic E-state index is 0.272. The number of hydrogen-bond donors (Lipinski definition) is 0. The number of Topliss-reactive ketones (excluding diaryl/α,β-unsaturated/α-hetero) is 1. The molecular formula is C12H12O. The summed E-state index contributed by atoms with van der Waals surface area (Å²) in [5, 5.41) is 0. The van der Waals surface area contributed by atoms with Crippen molar-refractivity contribution in [1.82, 2.24) is 0 Å². The number of ketones is 1. The Morgan fingerprint density at radius 3 is 2.92 bits per heavy atom. The van der Waals surface area contributed by atoms with E-state index in [1.54, 1.807) is 0 Å².